The van der Waals surface area contributed by atoms with Crippen molar-refractivity contribution >= 4 is 21.6 Å². The van der Waals surface area contributed by atoms with Crippen LogP contribution in [0.1, 0.15) is 0 Å². The van der Waals surface area contributed by atoms with Crippen LogP contribution in [0, 0.1) is 0 Å². The highest BCUT2D eigenvalue weighted by atomic mass is 32.1. The summed E-state index contributed by atoms with van der Waals surface area (Å²) in [4.78, 5) is 1.90. The van der Waals surface area contributed by atoms with Crippen molar-refractivity contribution in [3.63, 3.8) is 0 Å². The second-order valence-corrected chi connectivity index (χ2v) is 4.37. The van der Waals surface area contributed by atoms with E-state index >= 15 is 0 Å². The van der Waals surface area contributed by atoms with Crippen LogP contribution < -0.4 is 4.74 Å². The number of hydrogen-bond acceptors (Lipinski definition) is 5. The molecule has 0 amide bonds. The van der Waals surface area contributed by atoms with Gasteiger partial charge in [0.1, 0.15) is 6.73 Å². The van der Waals surface area contributed by atoms with Crippen LogP contribution in [0.3, 0.4) is 0 Å². The number of likely N-dealkylation sites (N-methyl/N-ethyl adjacent to an activating group) is 1. The number of aromatic nitrogens is 1. The molecule has 1 aromatic carbocycles. The molecule has 0 bridgehead atoms. The van der Waals surface area contributed by atoms with Crippen LogP contribution in [-0.4, -0.2) is 41.3 Å². The Kier molecular flexibility index (Phi) is 3.71. The summed E-state index contributed by atoms with van der Waals surface area (Å²) in [7, 11) is 1.89. The Labute approximate surface area is 98.2 Å². The van der Waals surface area contributed by atoms with Gasteiger partial charge in [-0.25, -0.2) is 0 Å². The number of hydrogen-bond donors (Lipinski definition) is 1. The molecule has 0 fully saturated rings. The topological polar surface area (TPSA) is 45.6 Å². The van der Waals surface area contributed by atoms with E-state index in [1.807, 2.05) is 36.2 Å². The van der Waals surface area contributed by atoms with Crippen molar-refractivity contribution in [1.82, 2.24) is 9.27 Å². The normalized spacial score (nSPS) is 11.2. The molecular weight excluding hydrogens is 224 g/mol. The Morgan fingerprint density at radius 3 is 3.06 bits per heavy atom. The van der Waals surface area contributed by atoms with Crippen molar-refractivity contribution in [3.8, 4) is 5.88 Å². The predicted octanol–water partition coefficient (Wildman–Crippen LogP) is 1.56. The van der Waals surface area contributed by atoms with E-state index < -0.39 is 0 Å². The minimum Gasteiger partial charge on any atom is -0.460 e. The number of rotatable bonds is 5. The number of nitrogens with zero attached hydrogens (tertiary/aromatic N) is 2. The van der Waals surface area contributed by atoms with Gasteiger partial charge in [0.2, 0.25) is 5.88 Å². The van der Waals surface area contributed by atoms with E-state index in [1.54, 1.807) is 0 Å². The van der Waals surface area contributed by atoms with E-state index in [0.717, 1.165) is 10.1 Å². The largest absolute Gasteiger partial charge is 0.460 e. The van der Waals surface area contributed by atoms with Crippen molar-refractivity contribution < 1.29 is 9.84 Å². The van der Waals surface area contributed by atoms with Crippen molar-refractivity contribution in [3.05, 3.63) is 24.3 Å². The van der Waals surface area contributed by atoms with Gasteiger partial charge in [0.15, 0.2) is 0 Å². The number of aliphatic hydroxyl groups excluding tert-OH is 1. The predicted molar refractivity (Wildman–Crippen MR) is 64.8 cm³/mol. The second-order valence-electron chi connectivity index (χ2n) is 3.56. The van der Waals surface area contributed by atoms with Crippen molar-refractivity contribution in [2.45, 2.75) is 0 Å². The monoisotopic (exact) mass is 238 g/mol. The van der Waals surface area contributed by atoms with E-state index in [0.29, 0.717) is 19.2 Å². The first kappa shape index (κ1) is 11.3. The van der Waals surface area contributed by atoms with Gasteiger partial charge in [-0.15, -0.1) is 0 Å². The molecule has 0 radical (unpaired) electrons. The van der Waals surface area contributed by atoms with Gasteiger partial charge in [-0.2, -0.15) is 4.37 Å². The Bertz CT molecular complexity index is 458. The molecule has 2 aromatic rings. The lowest BCUT2D eigenvalue weighted by Gasteiger charge is -2.14. The van der Waals surface area contributed by atoms with Crippen LogP contribution in [0.4, 0.5) is 0 Å². The average Bonchev–Trinajstić information content (AvgIpc) is 2.70. The molecule has 1 N–H and O–H groups in total. The molecule has 86 valence electrons. The highest BCUT2D eigenvalue weighted by Gasteiger charge is 2.07. The fourth-order valence-corrected chi connectivity index (χ4v) is 2.10. The molecule has 0 unspecified atom stereocenters. The lowest BCUT2D eigenvalue weighted by Crippen LogP contribution is -2.26. The molecule has 0 aliphatic heterocycles. The molecule has 5 heteroatoms. The third-order valence-electron chi connectivity index (χ3n) is 2.25. The first-order valence-electron chi connectivity index (χ1n) is 5.08. The van der Waals surface area contributed by atoms with Crippen molar-refractivity contribution in [2.75, 3.05) is 26.9 Å². The average molecular weight is 238 g/mol. The molecule has 16 heavy (non-hydrogen) atoms. The minimum atomic E-state index is 0.137. The molecule has 4 nitrogen and oxygen atoms in total. The molecule has 0 saturated heterocycles. The molecule has 1 heterocycles. The molecule has 0 aliphatic rings. The van der Waals surface area contributed by atoms with E-state index in [9.17, 15) is 0 Å². The maximum atomic E-state index is 8.75. The number of fused-ring (bicyclic) bond motifs is 1. The van der Waals surface area contributed by atoms with Gasteiger partial charge in [-0.1, -0.05) is 12.1 Å². The first-order valence-corrected chi connectivity index (χ1v) is 5.85. The van der Waals surface area contributed by atoms with E-state index in [-0.39, 0.29) is 6.61 Å². The highest BCUT2D eigenvalue weighted by molar-refractivity contribution is 7.13. The van der Waals surface area contributed by atoms with Crippen molar-refractivity contribution in [2.24, 2.45) is 0 Å². The Hall–Kier alpha value is -1.17. The van der Waals surface area contributed by atoms with Gasteiger partial charge in [-0.3, -0.25) is 4.90 Å². The number of ether oxygens (including phenoxy) is 1. The maximum absolute atomic E-state index is 8.75. The standard InChI is InChI=1S/C11H14N2O2S/c1-13(6-7-14)8-15-11-9-4-2-3-5-10(9)16-12-11/h2-5,14H,6-8H2,1H3. The summed E-state index contributed by atoms with van der Waals surface area (Å²) in [6, 6.07) is 7.99. The van der Waals surface area contributed by atoms with Gasteiger partial charge >= 0.3 is 0 Å². The molecule has 0 saturated carbocycles. The lowest BCUT2D eigenvalue weighted by molar-refractivity contribution is 0.126. The zero-order chi connectivity index (χ0) is 11.4. The summed E-state index contributed by atoms with van der Waals surface area (Å²) in [5, 5.41) is 9.80. The van der Waals surface area contributed by atoms with E-state index in [1.165, 1.54) is 11.5 Å². The van der Waals surface area contributed by atoms with Crippen LogP contribution in [0.2, 0.25) is 0 Å². The third kappa shape index (κ3) is 2.49. The fraction of sp³-hybridized carbons (Fsp3) is 0.364. The van der Waals surface area contributed by atoms with Gasteiger partial charge in [0, 0.05) is 6.54 Å². The summed E-state index contributed by atoms with van der Waals surface area (Å²) < 4.78 is 11.0. The Morgan fingerprint density at radius 2 is 2.25 bits per heavy atom. The van der Waals surface area contributed by atoms with E-state index in [2.05, 4.69) is 4.37 Å². The summed E-state index contributed by atoms with van der Waals surface area (Å²) in [6.45, 7) is 1.17. The van der Waals surface area contributed by atoms with Gasteiger partial charge in [0.25, 0.3) is 0 Å². The zero-order valence-electron chi connectivity index (χ0n) is 9.09. The summed E-state index contributed by atoms with van der Waals surface area (Å²) in [6.07, 6.45) is 0. The van der Waals surface area contributed by atoms with Crippen LogP contribution in [-0.2, 0) is 0 Å². The van der Waals surface area contributed by atoms with Crippen LogP contribution in [0.5, 0.6) is 5.88 Å². The Balaban J connectivity index is 2.04. The molecule has 0 spiro atoms. The van der Waals surface area contributed by atoms with Gasteiger partial charge in [-0.05, 0) is 30.7 Å². The minimum absolute atomic E-state index is 0.137. The molecule has 0 aliphatic carbocycles. The highest BCUT2D eigenvalue weighted by Crippen LogP contribution is 2.27. The number of benzene rings is 1. The van der Waals surface area contributed by atoms with Crippen LogP contribution >= 0.6 is 11.5 Å². The van der Waals surface area contributed by atoms with Gasteiger partial charge in [0.05, 0.1) is 16.7 Å². The third-order valence-corrected chi connectivity index (χ3v) is 3.06. The molecular formula is C11H14N2O2S. The Morgan fingerprint density at radius 1 is 1.44 bits per heavy atom. The lowest BCUT2D eigenvalue weighted by atomic mass is 10.3. The summed E-state index contributed by atoms with van der Waals surface area (Å²) in [5.74, 6) is 0.672. The quantitative estimate of drug-likeness (QED) is 0.803. The van der Waals surface area contributed by atoms with Crippen molar-refractivity contribution in [1.29, 1.82) is 0 Å². The van der Waals surface area contributed by atoms with Crippen LogP contribution in [0.25, 0.3) is 10.1 Å². The second kappa shape index (κ2) is 5.25. The molecule has 0 atom stereocenters. The van der Waals surface area contributed by atoms with Gasteiger partial charge < -0.3 is 9.84 Å². The summed E-state index contributed by atoms with van der Waals surface area (Å²) in [5.41, 5.74) is 0. The van der Waals surface area contributed by atoms with E-state index in [4.69, 9.17) is 9.84 Å². The van der Waals surface area contributed by atoms with Crippen LogP contribution in [0.15, 0.2) is 24.3 Å². The maximum Gasteiger partial charge on any atom is 0.234 e. The SMILES string of the molecule is CN(CCO)COc1nsc2ccccc12. The fourth-order valence-electron chi connectivity index (χ4n) is 1.37. The number of aliphatic hydroxyl groups is 1. The molecule has 1 aromatic heterocycles. The summed E-state index contributed by atoms with van der Waals surface area (Å²) >= 11 is 1.44. The molecule has 2 rings (SSSR count). The zero-order valence-corrected chi connectivity index (χ0v) is 9.91. The smallest absolute Gasteiger partial charge is 0.234 e. The first-order chi connectivity index (χ1) is 7.81.